The second kappa shape index (κ2) is 8.71. The third kappa shape index (κ3) is 3.98. The minimum Gasteiger partial charge on any atom is -0.465 e. The van der Waals surface area contributed by atoms with E-state index in [-0.39, 0.29) is 12.0 Å². The highest BCUT2D eigenvalue weighted by molar-refractivity contribution is 6.30. The van der Waals surface area contributed by atoms with Crippen molar-refractivity contribution in [1.29, 1.82) is 0 Å². The monoisotopic (exact) mass is 463 g/mol. The molecule has 3 heterocycles. The molecule has 1 saturated heterocycles. The average molecular weight is 464 g/mol. The molecule has 0 saturated carbocycles. The van der Waals surface area contributed by atoms with Gasteiger partial charge in [-0.3, -0.25) is 4.57 Å². The number of hydrogen-bond donors (Lipinski definition) is 0. The predicted molar refractivity (Wildman–Crippen MR) is 124 cm³/mol. The standard InChI is InChI=1S/C24H22ClN5O3/c1-29-22(15-8-10-16(11-9-15)23(31)32-2)26-27-24(29)30-12-4-7-20(30)19-14-21(33-28-19)17-5-3-6-18(25)13-17/h3,5-6,8-11,13-14,20H,4,7,12H2,1-2H3/t20-/m1/s1. The lowest BCUT2D eigenvalue weighted by molar-refractivity contribution is 0.0600. The lowest BCUT2D eigenvalue weighted by atomic mass is 10.1. The smallest absolute Gasteiger partial charge is 0.337 e. The number of nitrogens with zero attached hydrogens (tertiary/aromatic N) is 5. The summed E-state index contributed by atoms with van der Waals surface area (Å²) in [5.41, 5.74) is 3.10. The van der Waals surface area contributed by atoms with E-state index in [1.807, 2.05) is 54.1 Å². The Morgan fingerprint density at radius 1 is 1.12 bits per heavy atom. The van der Waals surface area contributed by atoms with Crippen LogP contribution in [0.3, 0.4) is 0 Å². The van der Waals surface area contributed by atoms with Gasteiger partial charge in [0, 0.05) is 35.8 Å². The second-order valence-electron chi connectivity index (χ2n) is 7.93. The molecule has 4 aromatic rings. The third-order valence-electron chi connectivity index (χ3n) is 5.90. The molecular formula is C24H22ClN5O3. The molecule has 0 unspecified atom stereocenters. The Bertz CT molecular complexity index is 1300. The molecule has 2 aromatic carbocycles. The molecule has 8 nitrogen and oxygen atoms in total. The maximum absolute atomic E-state index is 11.7. The van der Waals surface area contributed by atoms with Crippen molar-refractivity contribution in [2.75, 3.05) is 18.6 Å². The number of halogens is 1. The van der Waals surface area contributed by atoms with E-state index < -0.39 is 0 Å². The summed E-state index contributed by atoms with van der Waals surface area (Å²) >= 11 is 6.12. The molecule has 0 aliphatic carbocycles. The molecule has 1 atom stereocenters. The molecule has 0 bridgehead atoms. The van der Waals surface area contributed by atoms with Crippen LogP contribution in [0.1, 0.15) is 34.9 Å². The SMILES string of the molecule is COC(=O)c1ccc(-c2nnc(N3CCC[C@@H]3c3cc(-c4cccc(Cl)c4)on3)n2C)cc1. The van der Waals surface area contributed by atoms with Crippen molar-refractivity contribution in [3.63, 3.8) is 0 Å². The number of methoxy groups -OCH3 is 1. The van der Waals surface area contributed by atoms with E-state index in [1.165, 1.54) is 7.11 Å². The number of aromatic nitrogens is 4. The molecule has 168 valence electrons. The highest BCUT2D eigenvalue weighted by Crippen LogP contribution is 2.37. The van der Waals surface area contributed by atoms with Crippen LogP contribution >= 0.6 is 11.6 Å². The Labute approximate surface area is 195 Å². The lowest BCUT2D eigenvalue weighted by Crippen LogP contribution is -2.25. The minimum absolute atomic E-state index is 0.0409. The summed E-state index contributed by atoms with van der Waals surface area (Å²) in [6.45, 7) is 0.845. The van der Waals surface area contributed by atoms with Gasteiger partial charge in [0.25, 0.3) is 0 Å². The van der Waals surface area contributed by atoms with E-state index in [0.29, 0.717) is 22.2 Å². The number of anilines is 1. The molecule has 0 N–H and O–H groups in total. The number of ether oxygens (including phenoxy) is 1. The van der Waals surface area contributed by atoms with Crippen molar-refractivity contribution in [3.05, 3.63) is 70.9 Å². The number of esters is 1. The molecule has 9 heteroatoms. The van der Waals surface area contributed by atoms with Gasteiger partial charge < -0.3 is 14.2 Å². The summed E-state index contributed by atoms with van der Waals surface area (Å²) < 4.78 is 12.4. The van der Waals surface area contributed by atoms with Crippen LogP contribution in [0.5, 0.6) is 0 Å². The van der Waals surface area contributed by atoms with Crippen molar-refractivity contribution in [2.45, 2.75) is 18.9 Å². The lowest BCUT2D eigenvalue weighted by Gasteiger charge is -2.23. The largest absolute Gasteiger partial charge is 0.465 e. The average Bonchev–Trinajstić information content (AvgIpc) is 3.58. The van der Waals surface area contributed by atoms with E-state index >= 15 is 0 Å². The summed E-state index contributed by atoms with van der Waals surface area (Å²) in [4.78, 5) is 13.9. The number of benzene rings is 2. The van der Waals surface area contributed by atoms with Crippen LogP contribution in [0.4, 0.5) is 5.95 Å². The fraction of sp³-hybridized carbons (Fsp3) is 0.250. The van der Waals surface area contributed by atoms with Gasteiger partial charge in [0.1, 0.15) is 5.69 Å². The molecule has 0 radical (unpaired) electrons. The molecule has 1 aliphatic heterocycles. The van der Waals surface area contributed by atoms with E-state index in [1.54, 1.807) is 12.1 Å². The van der Waals surface area contributed by atoms with Crippen LogP contribution in [-0.4, -0.2) is 39.5 Å². The third-order valence-corrected chi connectivity index (χ3v) is 6.14. The Hall–Kier alpha value is -3.65. The first-order valence-electron chi connectivity index (χ1n) is 10.6. The molecule has 2 aromatic heterocycles. The van der Waals surface area contributed by atoms with Crippen molar-refractivity contribution in [3.8, 4) is 22.7 Å². The molecule has 1 aliphatic rings. The summed E-state index contributed by atoms with van der Waals surface area (Å²) in [5, 5.41) is 13.9. The fourth-order valence-electron chi connectivity index (χ4n) is 4.23. The van der Waals surface area contributed by atoms with Crippen LogP contribution in [0, 0.1) is 0 Å². The summed E-state index contributed by atoms with van der Waals surface area (Å²) in [6, 6.07) is 16.7. The Kier molecular flexibility index (Phi) is 5.60. The van der Waals surface area contributed by atoms with E-state index in [0.717, 1.165) is 42.2 Å². The predicted octanol–water partition coefficient (Wildman–Crippen LogP) is 4.92. The van der Waals surface area contributed by atoms with E-state index in [2.05, 4.69) is 20.3 Å². The first kappa shape index (κ1) is 21.2. The van der Waals surface area contributed by atoms with Crippen LogP contribution in [0.25, 0.3) is 22.7 Å². The summed E-state index contributed by atoms with van der Waals surface area (Å²) in [6.07, 6.45) is 1.96. The Morgan fingerprint density at radius 2 is 1.94 bits per heavy atom. The van der Waals surface area contributed by atoms with Crippen LogP contribution < -0.4 is 4.90 Å². The van der Waals surface area contributed by atoms with Gasteiger partial charge in [-0.25, -0.2) is 4.79 Å². The maximum atomic E-state index is 11.7. The number of hydrogen-bond acceptors (Lipinski definition) is 7. The number of rotatable bonds is 5. The molecule has 0 spiro atoms. The van der Waals surface area contributed by atoms with Crippen molar-refractivity contribution in [1.82, 2.24) is 19.9 Å². The quantitative estimate of drug-likeness (QED) is 0.388. The van der Waals surface area contributed by atoms with Gasteiger partial charge in [-0.05, 0) is 37.1 Å². The van der Waals surface area contributed by atoms with Crippen LogP contribution in [-0.2, 0) is 11.8 Å². The normalized spacial score (nSPS) is 15.7. The fourth-order valence-corrected chi connectivity index (χ4v) is 4.42. The maximum Gasteiger partial charge on any atom is 0.337 e. The Morgan fingerprint density at radius 3 is 2.70 bits per heavy atom. The topological polar surface area (TPSA) is 86.3 Å². The van der Waals surface area contributed by atoms with Crippen LogP contribution in [0.2, 0.25) is 5.02 Å². The summed E-state index contributed by atoms with van der Waals surface area (Å²) in [5.74, 6) is 1.79. The second-order valence-corrected chi connectivity index (χ2v) is 8.37. The molecule has 33 heavy (non-hydrogen) atoms. The molecule has 0 amide bonds. The van der Waals surface area contributed by atoms with Crippen molar-refractivity contribution >= 4 is 23.5 Å². The van der Waals surface area contributed by atoms with Gasteiger partial charge >= 0.3 is 5.97 Å². The van der Waals surface area contributed by atoms with Crippen LogP contribution in [0.15, 0.2) is 59.1 Å². The van der Waals surface area contributed by atoms with Gasteiger partial charge in [0.15, 0.2) is 11.6 Å². The van der Waals surface area contributed by atoms with Gasteiger partial charge in [0.05, 0.1) is 18.7 Å². The van der Waals surface area contributed by atoms with Gasteiger partial charge in [0.2, 0.25) is 5.95 Å². The van der Waals surface area contributed by atoms with Gasteiger partial charge in [-0.15, -0.1) is 10.2 Å². The van der Waals surface area contributed by atoms with Gasteiger partial charge in [-0.2, -0.15) is 0 Å². The summed E-state index contributed by atoms with van der Waals surface area (Å²) in [7, 11) is 3.30. The first-order valence-corrected chi connectivity index (χ1v) is 11.0. The highest BCUT2D eigenvalue weighted by Gasteiger charge is 2.32. The molecule has 5 rings (SSSR count). The number of carbonyl (C=O) groups excluding carboxylic acids is 1. The van der Waals surface area contributed by atoms with E-state index in [4.69, 9.17) is 20.9 Å². The van der Waals surface area contributed by atoms with E-state index in [9.17, 15) is 4.79 Å². The highest BCUT2D eigenvalue weighted by atomic mass is 35.5. The molecule has 1 fully saturated rings. The Balaban J connectivity index is 1.41. The number of carbonyl (C=O) groups is 1. The molecular weight excluding hydrogens is 442 g/mol. The zero-order chi connectivity index (χ0) is 22.9. The van der Waals surface area contributed by atoms with Gasteiger partial charge in [-0.1, -0.05) is 41.0 Å². The zero-order valence-corrected chi connectivity index (χ0v) is 19.0. The van der Waals surface area contributed by atoms with Crippen molar-refractivity contribution < 1.29 is 14.1 Å². The zero-order valence-electron chi connectivity index (χ0n) is 18.2. The minimum atomic E-state index is -0.370. The van der Waals surface area contributed by atoms with Crippen molar-refractivity contribution in [2.24, 2.45) is 7.05 Å². The first-order chi connectivity index (χ1) is 16.0.